The topological polar surface area (TPSA) is 91.8 Å². The van der Waals surface area contributed by atoms with Crippen molar-refractivity contribution in [2.24, 2.45) is 0 Å². The smallest absolute Gasteiger partial charge is 0.222 e. The van der Waals surface area contributed by atoms with Gasteiger partial charge in [-0.1, -0.05) is 0 Å². The highest BCUT2D eigenvalue weighted by molar-refractivity contribution is 7.71. The summed E-state index contributed by atoms with van der Waals surface area (Å²) >= 11 is 5.50. The molecule has 0 aliphatic rings. The number of hydrogen-bond donors (Lipinski definition) is 3. The van der Waals surface area contributed by atoms with Crippen LogP contribution in [-0.2, 0) is 16.1 Å². The summed E-state index contributed by atoms with van der Waals surface area (Å²) in [5, 5.41) is 5.42. The van der Waals surface area contributed by atoms with Crippen LogP contribution in [0.3, 0.4) is 0 Å². The van der Waals surface area contributed by atoms with Crippen molar-refractivity contribution >= 4 is 29.9 Å². The minimum Gasteiger partial charge on any atom is -0.355 e. The molecule has 2 amide bonds. The van der Waals surface area contributed by atoms with Gasteiger partial charge in [-0.25, -0.2) is 9.37 Å². The van der Waals surface area contributed by atoms with Crippen molar-refractivity contribution in [2.45, 2.75) is 20.4 Å². The summed E-state index contributed by atoms with van der Waals surface area (Å²) in [6.07, 6.45) is 1.59. The van der Waals surface area contributed by atoms with Crippen LogP contribution >= 0.6 is 12.2 Å². The molecular weight excluding hydrogens is 393 g/mol. The number of nitrogens with one attached hydrogen (secondary N) is 3. The summed E-state index contributed by atoms with van der Waals surface area (Å²) in [7, 11) is 0. The van der Waals surface area contributed by atoms with Crippen LogP contribution in [0.15, 0.2) is 42.6 Å². The zero-order chi connectivity index (χ0) is 21.0. The van der Waals surface area contributed by atoms with Crippen LogP contribution in [0.2, 0.25) is 0 Å². The van der Waals surface area contributed by atoms with E-state index in [-0.39, 0.29) is 17.6 Å². The number of aromatic nitrogens is 3. The molecule has 0 saturated heterocycles. The normalized spacial score (nSPS) is 10.6. The van der Waals surface area contributed by atoms with E-state index in [2.05, 4.69) is 20.6 Å². The molecule has 2 aromatic heterocycles. The fourth-order valence-electron chi connectivity index (χ4n) is 2.98. The molecule has 0 atom stereocenters. The van der Waals surface area contributed by atoms with Gasteiger partial charge < -0.3 is 20.2 Å². The highest BCUT2D eigenvalue weighted by Crippen LogP contribution is 2.32. The summed E-state index contributed by atoms with van der Waals surface area (Å²) in [6, 6.07) is 9.60. The van der Waals surface area contributed by atoms with Crippen LogP contribution in [0.1, 0.15) is 13.8 Å². The van der Waals surface area contributed by atoms with Gasteiger partial charge >= 0.3 is 0 Å². The van der Waals surface area contributed by atoms with E-state index >= 15 is 0 Å². The number of H-pyrrole nitrogens is 1. The zero-order valence-corrected chi connectivity index (χ0v) is 16.8. The predicted molar refractivity (Wildman–Crippen MR) is 111 cm³/mol. The summed E-state index contributed by atoms with van der Waals surface area (Å²) < 4.78 is 15.7. The van der Waals surface area contributed by atoms with Crippen LogP contribution in [0.25, 0.3) is 22.5 Å². The molecule has 0 aliphatic heterocycles. The number of pyridine rings is 1. The lowest BCUT2D eigenvalue weighted by Gasteiger charge is -2.12. The largest absolute Gasteiger partial charge is 0.355 e. The minimum absolute atomic E-state index is 0.135. The molecule has 150 valence electrons. The molecule has 0 saturated carbocycles. The van der Waals surface area contributed by atoms with Crippen LogP contribution in [0.5, 0.6) is 0 Å². The number of halogens is 1. The van der Waals surface area contributed by atoms with Gasteiger partial charge in [-0.05, 0) is 48.6 Å². The highest BCUT2D eigenvalue weighted by Gasteiger charge is 2.17. The number of aromatic amines is 1. The quantitative estimate of drug-likeness (QED) is 0.539. The standard InChI is InChI=1S/C20H20FN5O2S/c1-12(27)22-9-10-26-19(15-7-8-23-17(11-15)24-13(2)28)18(25-20(26)29)14-3-5-16(21)6-4-14/h3-8,11H,9-10H2,1-2H3,(H,22,27)(H,25,29)(H,23,24,28). The third-order valence-corrected chi connectivity index (χ3v) is 4.49. The Morgan fingerprint density at radius 3 is 2.52 bits per heavy atom. The molecule has 3 aromatic rings. The Balaban J connectivity index is 2.13. The van der Waals surface area contributed by atoms with Crippen molar-refractivity contribution in [3.05, 3.63) is 53.2 Å². The van der Waals surface area contributed by atoms with Crippen molar-refractivity contribution in [2.75, 3.05) is 11.9 Å². The number of amides is 2. The first-order chi connectivity index (χ1) is 13.8. The lowest BCUT2D eigenvalue weighted by Crippen LogP contribution is -2.24. The number of benzene rings is 1. The molecule has 0 spiro atoms. The summed E-state index contributed by atoms with van der Waals surface area (Å²) in [5.41, 5.74) is 2.97. The van der Waals surface area contributed by atoms with E-state index < -0.39 is 0 Å². The van der Waals surface area contributed by atoms with Gasteiger partial charge in [0.1, 0.15) is 11.6 Å². The average molecular weight is 413 g/mol. The van der Waals surface area contributed by atoms with Gasteiger partial charge in [0.15, 0.2) is 4.77 Å². The molecule has 3 rings (SSSR count). The Kier molecular flexibility index (Phi) is 6.18. The third-order valence-electron chi connectivity index (χ3n) is 4.16. The van der Waals surface area contributed by atoms with Crippen molar-refractivity contribution in [1.82, 2.24) is 19.9 Å². The molecule has 2 heterocycles. The van der Waals surface area contributed by atoms with Gasteiger partial charge in [-0.2, -0.15) is 0 Å². The molecule has 3 N–H and O–H groups in total. The van der Waals surface area contributed by atoms with Crippen molar-refractivity contribution in [3.63, 3.8) is 0 Å². The number of carbonyl (C=O) groups is 2. The van der Waals surface area contributed by atoms with Crippen molar-refractivity contribution < 1.29 is 14.0 Å². The molecule has 1 aromatic carbocycles. The predicted octanol–water partition coefficient (Wildman–Crippen LogP) is 3.51. The summed E-state index contributed by atoms with van der Waals surface area (Å²) in [4.78, 5) is 30.0. The van der Waals surface area contributed by atoms with Crippen LogP contribution < -0.4 is 10.6 Å². The van der Waals surface area contributed by atoms with E-state index in [0.717, 1.165) is 16.8 Å². The van der Waals surface area contributed by atoms with E-state index in [1.165, 1.54) is 26.0 Å². The van der Waals surface area contributed by atoms with E-state index in [1.54, 1.807) is 30.5 Å². The molecule has 29 heavy (non-hydrogen) atoms. The number of rotatable bonds is 6. The number of anilines is 1. The SMILES string of the molecule is CC(=O)NCCn1c(-c2ccnc(NC(C)=O)c2)c(-c2ccc(F)cc2)[nH]c1=S. The van der Waals surface area contributed by atoms with Crippen molar-refractivity contribution in [3.8, 4) is 22.5 Å². The van der Waals surface area contributed by atoms with Gasteiger partial charge in [0.05, 0.1) is 11.4 Å². The highest BCUT2D eigenvalue weighted by atomic mass is 32.1. The average Bonchev–Trinajstić information content (AvgIpc) is 2.98. The van der Waals surface area contributed by atoms with Gasteiger partial charge in [-0.3, -0.25) is 9.59 Å². The van der Waals surface area contributed by atoms with Gasteiger partial charge in [0.2, 0.25) is 11.8 Å². The molecular formula is C20H20FN5O2S. The fourth-order valence-corrected chi connectivity index (χ4v) is 3.26. The van der Waals surface area contributed by atoms with Crippen LogP contribution in [0.4, 0.5) is 10.2 Å². The molecule has 0 bridgehead atoms. The third kappa shape index (κ3) is 4.94. The second kappa shape index (κ2) is 8.78. The Bertz CT molecular complexity index is 1100. The van der Waals surface area contributed by atoms with E-state index in [0.29, 0.717) is 29.4 Å². The lowest BCUT2D eigenvalue weighted by molar-refractivity contribution is -0.119. The Hall–Kier alpha value is -3.33. The maximum atomic E-state index is 13.4. The Morgan fingerprint density at radius 1 is 1.14 bits per heavy atom. The number of carbonyl (C=O) groups excluding carboxylic acids is 2. The first-order valence-electron chi connectivity index (χ1n) is 8.92. The number of hydrogen-bond acceptors (Lipinski definition) is 4. The molecule has 0 unspecified atom stereocenters. The summed E-state index contributed by atoms with van der Waals surface area (Å²) in [5.74, 6) is -0.300. The molecule has 0 fully saturated rings. The number of nitrogens with zero attached hydrogens (tertiary/aromatic N) is 2. The fraction of sp³-hybridized carbons (Fsp3) is 0.200. The van der Waals surface area contributed by atoms with Gasteiger partial charge in [0, 0.05) is 44.3 Å². The maximum Gasteiger partial charge on any atom is 0.222 e. The molecule has 0 aliphatic carbocycles. The molecule has 7 nitrogen and oxygen atoms in total. The Morgan fingerprint density at radius 2 is 1.86 bits per heavy atom. The van der Waals surface area contributed by atoms with Gasteiger partial charge in [-0.15, -0.1) is 0 Å². The van der Waals surface area contributed by atoms with E-state index in [4.69, 9.17) is 12.2 Å². The Labute approximate surface area is 172 Å². The second-order valence-corrected chi connectivity index (χ2v) is 6.79. The maximum absolute atomic E-state index is 13.4. The minimum atomic E-state index is -0.337. The molecule has 0 radical (unpaired) electrons. The van der Waals surface area contributed by atoms with E-state index in [1.807, 2.05) is 4.57 Å². The van der Waals surface area contributed by atoms with Crippen LogP contribution in [-0.4, -0.2) is 32.9 Å². The second-order valence-electron chi connectivity index (χ2n) is 6.41. The first-order valence-corrected chi connectivity index (χ1v) is 9.33. The molecule has 9 heteroatoms. The van der Waals surface area contributed by atoms with E-state index in [9.17, 15) is 14.0 Å². The first kappa shape index (κ1) is 20.4. The monoisotopic (exact) mass is 413 g/mol. The lowest BCUT2D eigenvalue weighted by atomic mass is 10.1. The number of imidazole rings is 1. The van der Waals surface area contributed by atoms with Crippen molar-refractivity contribution in [1.29, 1.82) is 0 Å². The van der Waals surface area contributed by atoms with Crippen LogP contribution in [0, 0.1) is 10.6 Å². The zero-order valence-electron chi connectivity index (χ0n) is 16.0. The summed E-state index contributed by atoms with van der Waals surface area (Å²) in [6.45, 7) is 3.68. The van der Waals surface area contributed by atoms with Gasteiger partial charge in [0.25, 0.3) is 0 Å².